The van der Waals surface area contributed by atoms with Crippen LogP contribution in [0.4, 0.5) is 0 Å². The van der Waals surface area contributed by atoms with E-state index in [0.717, 1.165) is 5.88 Å². The van der Waals surface area contributed by atoms with E-state index in [1.165, 1.54) is 10.6 Å². The smallest absolute Gasteiger partial charge is 0.183 e. The highest BCUT2D eigenvalue weighted by atomic mass is 35.5. The van der Waals surface area contributed by atoms with Gasteiger partial charge in [-0.25, -0.2) is 0 Å². The fourth-order valence-electron chi connectivity index (χ4n) is 1.74. The molecule has 2 nitrogen and oxygen atoms in total. The van der Waals surface area contributed by atoms with Crippen molar-refractivity contribution in [2.24, 2.45) is 0 Å². The van der Waals surface area contributed by atoms with E-state index in [0.29, 0.717) is 22.2 Å². The number of hydrogen-bond acceptors (Lipinski definition) is 3. The Morgan fingerprint density at radius 1 is 1.37 bits per heavy atom. The third-order valence-electron chi connectivity index (χ3n) is 2.99. The standard InChI is InChI=1S/C13H13Cl2NOS.ClH/c1-8-9(2)18-7-16(8)6-13(17)11-4-3-10(14)5-12(11)15;/h3-5H,6-7H2,1-2H3;1H. The van der Waals surface area contributed by atoms with Crippen LogP contribution in [0, 0.1) is 0 Å². The third-order valence-corrected chi connectivity index (χ3v) is 4.70. The summed E-state index contributed by atoms with van der Waals surface area (Å²) in [6.45, 7) is 4.46. The monoisotopic (exact) mass is 337 g/mol. The maximum Gasteiger partial charge on any atom is 0.183 e. The van der Waals surface area contributed by atoms with E-state index in [2.05, 4.69) is 11.8 Å². The number of Topliss-reactive ketones (excluding diaryl/α,β-unsaturated/α-hetero) is 1. The molecule has 0 radical (unpaired) electrons. The van der Waals surface area contributed by atoms with Crippen LogP contribution in [0.5, 0.6) is 0 Å². The van der Waals surface area contributed by atoms with Crippen molar-refractivity contribution in [1.82, 2.24) is 4.90 Å². The Morgan fingerprint density at radius 3 is 2.58 bits per heavy atom. The summed E-state index contributed by atoms with van der Waals surface area (Å²) >= 11 is 13.6. The Morgan fingerprint density at radius 2 is 2.05 bits per heavy atom. The van der Waals surface area contributed by atoms with E-state index in [1.54, 1.807) is 30.0 Å². The maximum atomic E-state index is 12.2. The second-order valence-corrected chi connectivity index (χ2v) is 6.16. The Balaban J connectivity index is 0.00000180. The molecule has 19 heavy (non-hydrogen) atoms. The topological polar surface area (TPSA) is 20.3 Å². The maximum absolute atomic E-state index is 12.2. The lowest BCUT2D eigenvalue weighted by Gasteiger charge is -2.18. The molecule has 104 valence electrons. The van der Waals surface area contributed by atoms with E-state index >= 15 is 0 Å². The molecular weight excluding hydrogens is 325 g/mol. The Bertz CT molecular complexity index is 531. The van der Waals surface area contributed by atoms with Crippen molar-refractivity contribution in [3.8, 4) is 0 Å². The predicted octanol–water partition coefficient (Wildman–Crippen LogP) is 4.86. The summed E-state index contributed by atoms with van der Waals surface area (Å²) in [5.41, 5.74) is 1.70. The molecule has 0 amide bonds. The molecule has 0 aromatic heterocycles. The highest BCUT2D eigenvalue weighted by molar-refractivity contribution is 8.03. The van der Waals surface area contributed by atoms with Crippen LogP contribution in [-0.4, -0.2) is 23.1 Å². The summed E-state index contributed by atoms with van der Waals surface area (Å²) < 4.78 is 0. The van der Waals surface area contributed by atoms with Gasteiger partial charge in [-0.1, -0.05) is 23.2 Å². The van der Waals surface area contributed by atoms with Gasteiger partial charge in [-0.3, -0.25) is 4.79 Å². The number of ketones is 1. The first-order chi connectivity index (χ1) is 8.49. The number of halogens is 3. The van der Waals surface area contributed by atoms with Gasteiger partial charge in [0, 0.05) is 21.2 Å². The molecule has 1 aromatic carbocycles. The third kappa shape index (κ3) is 3.82. The minimum absolute atomic E-state index is 0. The van der Waals surface area contributed by atoms with Crippen LogP contribution in [0.1, 0.15) is 24.2 Å². The van der Waals surface area contributed by atoms with Crippen LogP contribution in [-0.2, 0) is 0 Å². The first kappa shape index (κ1) is 16.7. The lowest BCUT2D eigenvalue weighted by molar-refractivity contribution is 0.0959. The first-order valence-electron chi connectivity index (χ1n) is 5.52. The van der Waals surface area contributed by atoms with Gasteiger partial charge >= 0.3 is 0 Å². The number of rotatable bonds is 3. The molecule has 6 heteroatoms. The molecule has 0 N–H and O–H groups in total. The molecule has 0 saturated carbocycles. The van der Waals surface area contributed by atoms with Crippen molar-refractivity contribution in [3.63, 3.8) is 0 Å². The summed E-state index contributed by atoms with van der Waals surface area (Å²) in [6.07, 6.45) is 0. The zero-order valence-electron chi connectivity index (χ0n) is 10.6. The predicted molar refractivity (Wildman–Crippen MR) is 85.6 cm³/mol. The molecule has 1 heterocycles. The SMILES string of the molecule is CC1=C(C)N(CC(=O)c2ccc(Cl)cc2Cl)CS1.Cl. The van der Waals surface area contributed by atoms with Crippen molar-refractivity contribution in [1.29, 1.82) is 0 Å². The van der Waals surface area contributed by atoms with E-state index < -0.39 is 0 Å². The van der Waals surface area contributed by atoms with Gasteiger partial charge in [-0.05, 0) is 32.0 Å². The average Bonchev–Trinajstić information content (AvgIpc) is 2.61. The molecule has 1 aromatic rings. The molecule has 0 unspecified atom stereocenters. The van der Waals surface area contributed by atoms with Gasteiger partial charge in [0.15, 0.2) is 5.78 Å². The van der Waals surface area contributed by atoms with Gasteiger partial charge in [0.1, 0.15) is 0 Å². The van der Waals surface area contributed by atoms with E-state index in [4.69, 9.17) is 23.2 Å². The minimum Gasteiger partial charge on any atom is -0.357 e. The second kappa shape index (κ2) is 6.89. The number of benzene rings is 1. The van der Waals surface area contributed by atoms with Gasteiger partial charge in [-0.2, -0.15) is 0 Å². The molecule has 0 saturated heterocycles. The van der Waals surface area contributed by atoms with Crippen LogP contribution in [0.25, 0.3) is 0 Å². The molecule has 2 rings (SSSR count). The van der Waals surface area contributed by atoms with Crippen molar-refractivity contribution in [3.05, 3.63) is 44.4 Å². The zero-order chi connectivity index (χ0) is 13.3. The molecule has 0 aliphatic carbocycles. The van der Waals surface area contributed by atoms with Gasteiger partial charge in [0.2, 0.25) is 0 Å². The van der Waals surface area contributed by atoms with E-state index in [9.17, 15) is 4.79 Å². The largest absolute Gasteiger partial charge is 0.357 e. The van der Waals surface area contributed by atoms with Gasteiger partial charge in [0.25, 0.3) is 0 Å². The Kier molecular flexibility index (Phi) is 6.06. The highest BCUT2D eigenvalue weighted by Crippen LogP contribution is 2.31. The van der Waals surface area contributed by atoms with Crippen molar-refractivity contribution in [2.45, 2.75) is 13.8 Å². The fourth-order valence-corrected chi connectivity index (χ4v) is 3.22. The van der Waals surface area contributed by atoms with E-state index in [-0.39, 0.29) is 18.2 Å². The minimum atomic E-state index is 0. The van der Waals surface area contributed by atoms with Gasteiger partial charge < -0.3 is 4.90 Å². The molecule has 0 bridgehead atoms. The Hall–Kier alpha value is -0.350. The number of nitrogens with zero attached hydrogens (tertiary/aromatic N) is 1. The van der Waals surface area contributed by atoms with Gasteiger partial charge in [-0.15, -0.1) is 24.2 Å². The summed E-state index contributed by atoms with van der Waals surface area (Å²) in [7, 11) is 0. The molecular formula is C13H14Cl3NOS. The number of hydrogen-bond donors (Lipinski definition) is 0. The lowest BCUT2D eigenvalue weighted by atomic mass is 10.1. The molecule has 1 aliphatic heterocycles. The van der Waals surface area contributed by atoms with Crippen molar-refractivity contribution >= 4 is 53.2 Å². The van der Waals surface area contributed by atoms with Crippen LogP contribution in [0.2, 0.25) is 10.0 Å². The van der Waals surface area contributed by atoms with Crippen LogP contribution >= 0.6 is 47.4 Å². The number of carbonyl (C=O) groups is 1. The zero-order valence-corrected chi connectivity index (χ0v) is 13.7. The second-order valence-electron chi connectivity index (χ2n) is 4.16. The van der Waals surface area contributed by atoms with Crippen LogP contribution in [0.3, 0.4) is 0 Å². The fraction of sp³-hybridized carbons (Fsp3) is 0.308. The number of carbonyl (C=O) groups excluding carboxylic acids is 1. The quantitative estimate of drug-likeness (QED) is 0.734. The number of allylic oxidation sites excluding steroid dienone is 2. The normalized spacial score (nSPS) is 14.6. The molecule has 0 atom stereocenters. The molecule has 0 spiro atoms. The molecule has 1 aliphatic rings. The lowest BCUT2D eigenvalue weighted by Crippen LogP contribution is -2.25. The van der Waals surface area contributed by atoms with Crippen molar-refractivity contribution in [2.75, 3.05) is 12.4 Å². The highest BCUT2D eigenvalue weighted by Gasteiger charge is 2.21. The summed E-state index contributed by atoms with van der Waals surface area (Å²) in [6, 6.07) is 4.97. The Labute approximate surface area is 133 Å². The van der Waals surface area contributed by atoms with Gasteiger partial charge in [0.05, 0.1) is 17.4 Å². The van der Waals surface area contributed by atoms with Crippen LogP contribution in [0.15, 0.2) is 28.8 Å². The molecule has 0 fully saturated rings. The summed E-state index contributed by atoms with van der Waals surface area (Å²) in [5, 5.41) is 0.956. The van der Waals surface area contributed by atoms with E-state index in [1.807, 2.05) is 6.92 Å². The first-order valence-corrected chi connectivity index (χ1v) is 7.26. The van der Waals surface area contributed by atoms with Crippen LogP contribution < -0.4 is 0 Å². The summed E-state index contributed by atoms with van der Waals surface area (Å²) in [4.78, 5) is 15.5. The number of thioether (sulfide) groups is 1. The van der Waals surface area contributed by atoms with Crippen molar-refractivity contribution < 1.29 is 4.79 Å². The average molecular weight is 339 g/mol. The summed E-state index contributed by atoms with van der Waals surface area (Å²) in [5.74, 6) is 0.848.